The van der Waals surface area contributed by atoms with Gasteiger partial charge in [-0.15, -0.1) is 0 Å². The third-order valence-electron chi connectivity index (χ3n) is 3.07. The summed E-state index contributed by atoms with van der Waals surface area (Å²) in [5, 5.41) is 0. The van der Waals surface area contributed by atoms with Crippen molar-refractivity contribution >= 4 is 5.91 Å². The molecule has 1 aromatic rings. The van der Waals surface area contributed by atoms with E-state index >= 15 is 0 Å². The molecule has 0 saturated carbocycles. The van der Waals surface area contributed by atoms with Crippen LogP contribution in [0.2, 0.25) is 0 Å². The molecule has 1 fully saturated rings. The van der Waals surface area contributed by atoms with Gasteiger partial charge in [0.25, 0.3) is 0 Å². The zero-order valence-electron chi connectivity index (χ0n) is 10.5. The van der Waals surface area contributed by atoms with E-state index in [4.69, 9.17) is 10.5 Å². The molecule has 2 N–H and O–H groups in total. The molecule has 0 atom stereocenters. The summed E-state index contributed by atoms with van der Waals surface area (Å²) >= 11 is 0. The quantitative estimate of drug-likeness (QED) is 0.782. The van der Waals surface area contributed by atoms with E-state index in [1.807, 2.05) is 0 Å². The Kier molecular flexibility index (Phi) is 4.86. The number of imidazole rings is 1. The summed E-state index contributed by atoms with van der Waals surface area (Å²) in [5.41, 5.74) is 6.32. The van der Waals surface area contributed by atoms with Crippen molar-refractivity contribution < 1.29 is 9.53 Å². The highest BCUT2D eigenvalue weighted by atomic mass is 16.5. The van der Waals surface area contributed by atoms with E-state index in [0.29, 0.717) is 19.4 Å². The molecule has 2 heterocycles. The van der Waals surface area contributed by atoms with Crippen molar-refractivity contribution in [2.24, 2.45) is 5.73 Å². The highest BCUT2D eigenvalue weighted by Gasteiger charge is 2.13. The maximum Gasteiger partial charge on any atom is 0.233 e. The molecule has 1 saturated heterocycles. The molecular formula is C12H20N4O2. The Bertz CT molecular complexity index is 385. The molecule has 1 aliphatic heterocycles. The number of nitrogens with two attached hydrogens (primary N) is 1. The molecule has 100 valence electrons. The van der Waals surface area contributed by atoms with Crippen LogP contribution >= 0.6 is 0 Å². The van der Waals surface area contributed by atoms with Gasteiger partial charge in [0.1, 0.15) is 6.33 Å². The fraction of sp³-hybridized carbons (Fsp3) is 0.667. The predicted octanol–water partition coefficient (Wildman–Crippen LogP) is -0.253. The molecule has 18 heavy (non-hydrogen) atoms. The van der Waals surface area contributed by atoms with Crippen molar-refractivity contribution in [2.75, 3.05) is 39.4 Å². The highest BCUT2D eigenvalue weighted by Crippen LogP contribution is 2.02. The van der Waals surface area contributed by atoms with Crippen LogP contribution in [0.25, 0.3) is 0 Å². The molecule has 0 unspecified atom stereocenters. The van der Waals surface area contributed by atoms with E-state index in [0.717, 1.165) is 38.5 Å². The topological polar surface area (TPSA) is 73.4 Å². The summed E-state index contributed by atoms with van der Waals surface area (Å²) < 4.78 is 6.83. The zero-order chi connectivity index (χ0) is 12.8. The Morgan fingerprint density at radius 3 is 2.94 bits per heavy atom. The Morgan fingerprint density at radius 2 is 2.22 bits per heavy atom. The summed E-state index contributed by atoms with van der Waals surface area (Å²) in [4.78, 5) is 18.3. The lowest BCUT2D eigenvalue weighted by Crippen LogP contribution is -2.37. The first-order chi connectivity index (χ1) is 8.79. The molecular weight excluding hydrogens is 232 g/mol. The lowest BCUT2D eigenvalue weighted by atomic mass is 10.3. The molecule has 1 aliphatic rings. The van der Waals surface area contributed by atoms with Crippen molar-refractivity contribution in [3.8, 4) is 0 Å². The smallest absolute Gasteiger partial charge is 0.233 e. The minimum atomic E-state index is 0.0808. The number of morpholine rings is 1. The summed E-state index contributed by atoms with van der Waals surface area (Å²) in [6.07, 6.45) is 4.57. The summed E-state index contributed by atoms with van der Waals surface area (Å²) in [6, 6.07) is 0. The number of carbonyl (C=O) groups is 1. The Labute approximate surface area is 107 Å². The van der Waals surface area contributed by atoms with Gasteiger partial charge in [0.2, 0.25) is 5.91 Å². The van der Waals surface area contributed by atoms with E-state index < -0.39 is 0 Å². The molecule has 0 spiro atoms. The highest BCUT2D eigenvalue weighted by molar-refractivity contribution is 5.78. The van der Waals surface area contributed by atoms with Gasteiger partial charge in [-0.2, -0.15) is 0 Å². The first kappa shape index (κ1) is 13.2. The molecule has 2 rings (SSSR count). The van der Waals surface area contributed by atoms with E-state index in [9.17, 15) is 4.79 Å². The SMILES string of the molecule is NCCc1cn(C(=O)CCN2CCOCC2)cn1. The van der Waals surface area contributed by atoms with Crippen LogP contribution in [0, 0.1) is 0 Å². The summed E-state index contributed by atoms with van der Waals surface area (Å²) in [7, 11) is 0. The van der Waals surface area contributed by atoms with E-state index in [2.05, 4.69) is 9.88 Å². The van der Waals surface area contributed by atoms with Gasteiger partial charge in [-0.3, -0.25) is 14.3 Å². The second-order valence-electron chi connectivity index (χ2n) is 4.41. The lowest BCUT2D eigenvalue weighted by molar-refractivity contribution is 0.0363. The van der Waals surface area contributed by atoms with Crippen LogP contribution in [-0.2, 0) is 11.2 Å². The lowest BCUT2D eigenvalue weighted by Gasteiger charge is -2.26. The fourth-order valence-electron chi connectivity index (χ4n) is 1.98. The second-order valence-corrected chi connectivity index (χ2v) is 4.41. The van der Waals surface area contributed by atoms with Gasteiger partial charge in [0.15, 0.2) is 0 Å². The first-order valence-corrected chi connectivity index (χ1v) is 6.36. The largest absolute Gasteiger partial charge is 0.379 e. The van der Waals surface area contributed by atoms with Crippen LogP contribution < -0.4 is 5.73 Å². The molecule has 0 radical (unpaired) electrons. The number of rotatable bonds is 5. The van der Waals surface area contributed by atoms with Crippen molar-refractivity contribution in [1.29, 1.82) is 0 Å². The van der Waals surface area contributed by atoms with Crippen molar-refractivity contribution in [3.05, 3.63) is 18.2 Å². The summed E-state index contributed by atoms with van der Waals surface area (Å²) in [6.45, 7) is 4.69. The number of aromatic nitrogens is 2. The number of hydrogen-bond acceptors (Lipinski definition) is 5. The third-order valence-corrected chi connectivity index (χ3v) is 3.07. The molecule has 6 nitrogen and oxygen atoms in total. The maximum absolute atomic E-state index is 11.9. The van der Waals surface area contributed by atoms with Crippen LogP contribution in [0.15, 0.2) is 12.5 Å². The average molecular weight is 252 g/mol. The van der Waals surface area contributed by atoms with Crippen molar-refractivity contribution in [3.63, 3.8) is 0 Å². The van der Waals surface area contributed by atoms with Gasteiger partial charge in [-0.05, 0) is 6.54 Å². The molecule has 1 aromatic heterocycles. The maximum atomic E-state index is 11.9. The van der Waals surface area contributed by atoms with Gasteiger partial charge >= 0.3 is 0 Å². The number of hydrogen-bond donors (Lipinski definition) is 1. The van der Waals surface area contributed by atoms with E-state index in [1.165, 1.54) is 0 Å². The standard InChI is InChI=1S/C12H20N4O2/c13-3-1-11-9-16(10-14-11)12(17)2-4-15-5-7-18-8-6-15/h9-10H,1-8,13H2. The number of ether oxygens (including phenoxy) is 1. The van der Waals surface area contributed by atoms with Gasteiger partial charge < -0.3 is 10.5 Å². The number of carbonyl (C=O) groups excluding carboxylic acids is 1. The van der Waals surface area contributed by atoms with Crippen LogP contribution in [-0.4, -0.2) is 59.8 Å². The second kappa shape index (κ2) is 6.63. The first-order valence-electron chi connectivity index (χ1n) is 6.36. The van der Waals surface area contributed by atoms with Crippen LogP contribution in [0.1, 0.15) is 16.9 Å². The van der Waals surface area contributed by atoms with Gasteiger partial charge in [0.05, 0.1) is 18.9 Å². The number of nitrogens with zero attached hydrogens (tertiary/aromatic N) is 3. The Morgan fingerprint density at radius 1 is 1.44 bits per heavy atom. The van der Waals surface area contributed by atoms with Crippen LogP contribution in [0.5, 0.6) is 0 Å². The monoisotopic (exact) mass is 252 g/mol. The molecule has 0 bridgehead atoms. The zero-order valence-corrected chi connectivity index (χ0v) is 10.5. The molecule has 0 amide bonds. The minimum absolute atomic E-state index is 0.0808. The van der Waals surface area contributed by atoms with Crippen LogP contribution in [0.4, 0.5) is 0 Å². The predicted molar refractivity (Wildman–Crippen MR) is 67.5 cm³/mol. The minimum Gasteiger partial charge on any atom is -0.379 e. The van der Waals surface area contributed by atoms with E-state index in [-0.39, 0.29) is 5.91 Å². The van der Waals surface area contributed by atoms with E-state index in [1.54, 1.807) is 17.1 Å². The Hall–Kier alpha value is -1.24. The van der Waals surface area contributed by atoms with Crippen LogP contribution in [0.3, 0.4) is 0 Å². The normalized spacial score (nSPS) is 16.9. The fourth-order valence-corrected chi connectivity index (χ4v) is 1.98. The van der Waals surface area contributed by atoms with Crippen molar-refractivity contribution in [2.45, 2.75) is 12.8 Å². The Balaban J connectivity index is 1.79. The molecule has 0 aliphatic carbocycles. The summed E-state index contributed by atoms with van der Waals surface area (Å²) in [5.74, 6) is 0.0808. The average Bonchev–Trinajstić information content (AvgIpc) is 2.86. The van der Waals surface area contributed by atoms with Gasteiger partial charge in [-0.25, -0.2) is 4.98 Å². The van der Waals surface area contributed by atoms with Crippen molar-refractivity contribution in [1.82, 2.24) is 14.5 Å². The molecule has 6 heteroatoms. The van der Waals surface area contributed by atoms with Gasteiger partial charge in [0, 0.05) is 38.7 Å². The van der Waals surface area contributed by atoms with Gasteiger partial charge in [-0.1, -0.05) is 0 Å². The molecule has 0 aromatic carbocycles. The third kappa shape index (κ3) is 3.63.